The fraction of sp³-hybridized carbons (Fsp3) is 0.600. The highest BCUT2D eigenvalue weighted by atomic mass is 16.5. The van der Waals surface area contributed by atoms with E-state index in [9.17, 15) is 19.5 Å². The summed E-state index contributed by atoms with van der Waals surface area (Å²) in [7, 11) is 1.75. The van der Waals surface area contributed by atoms with Crippen LogP contribution in [-0.4, -0.2) is 89.2 Å². The molecule has 2 heterocycles. The molecule has 2 aliphatic rings. The van der Waals surface area contributed by atoms with Crippen molar-refractivity contribution in [2.45, 2.75) is 90.4 Å². The Balaban J connectivity index is 1.61. The summed E-state index contributed by atoms with van der Waals surface area (Å²) in [6.45, 7) is 6.71. The van der Waals surface area contributed by atoms with Crippen molar-refractivity contribution >= 4 is 23.4 Å². The van der Waals surface area contributed by atoms with Crippen LogP contribution in [0.1, 0.15) is 92.9 Å². The van der Waals surface area contributed by atoms with Crippen LogP contribution in [0.15, 0.2) is 42.7 Å². The number of anilines is 1. The summed E-state index contributed by atoms with van der Waals surface area (Å²) in [6, 6.07) is 8.15. The predicted molar refractivity (Wildman–Crippen MR) is 173 cm³/mol. The normalized spacial score (nSPS) is 22.8. The van der Waals surface area contributed by atoms with Gasteiger partial charge < -0.3 is 29.7 Å². The van der Waals surface area contributed by atoms with Crippen molar-refractivity contribution in [2.24, 2.45) is 11.8 Å². The van der Waals surface area contributed by atoms with Gasteiger partial charge in [0.05, 0.1) is 30.4 Å². The molecule has 2 aromatic rings. The number of amides is 3. The Kier molecular flexibility index (Phi) is 12.8. The molecule has 0 bridgehead atoms. The zero-order chi connectivity index (χ0) is 32.3. The van der Waals surface area contributed by atoms with E-state index in [1.165, 1.54) is 0 Å². The maximum absolute atomic E-state index is 14.3. The fourth-order valence-electron chi connectivity index (χ4n) is 6.14. The van der Waals surface area contributed by atoms with Gasteiger partial charge in [-0.25, -0.2) is 0 Å². The van der Waals surface area contributed by atoms with Gasteiger partial charge in [0.1, 0.15) is 5.75 Å². The molecule has 2 N–H and O–H groups in total. The molecule has 4 atom stereocenters. The lowest BCUT2D eigenvalue weighted by Crippen LogP contribution is -2.48. The SMILES string of the molecule is C[C@@H]1CCCCO[C@H](CN(C)C(=O)c2ccncc2)[C@H](C)CN([C@H](C)CO)C(=O)c2cc(NC(=O)C3CCCCC3)ccc2O1. The molecule has 0 unspecified atom stereocenters. The minimum absolute atomic E-state index is 0.0168. The van der Waals surface area contributed by atoms with Crippen LogP contribution in [-0.2, 0) is 9.53 Å². The largest absolute Gasteiger partial charge is 0.490 e. The molecule has 1 aliphatic heterocycles. The van der Waals surface area contributed by atoms with Crippen LogP contribution >= 0.6 is 0 Å². The van der Waals surface area contributed by atoms with Crippen LogP contribution in [0.25, 0.3) is 0 Å². The maximum atomic E-state index is 14.3. The van der Waals surface area contributed by atoms with Gasteiger partial charge >= 0.3 is 0 Å². The fourth-order valence-corrected chi connectivity index (χ4v) is 6.14. The second-order valence-electron chi connectivity index (χ2n) is 12.8. The molecule has 0 radical (unpaired) electrons. The number of aliphatic hydroxyl groups excluding tert-OH is 1. The molecule has 45 heavy (non-hydrogen) atoms. The molecular weight excluding hydrogens is 572 g/mol. The minimum atomic E-state index is -0.490. The van der Waals surface area contributed by atoms with Gasteiger partial charge in [-0.1, -0.05) is 26.2 Å². The molecule has 4 rings (SSSR count). The molecule has 1 aromatic heterocycles. The maximum Gasteiger partial charge on any atom is 0.258 e. The summed E-state index contributed by atoms with van der Waals surface area (Å²) in [5, 5.41) is 13.3. The van der Waals surface area contributed by atoms with E-state index in [0.717, 1.165) is 51.4 Å². The van der Waals surface area contributed by atoms with Gasteiger partial charge in [0, 0.05) is 62.2 Å². The first-order chi connectivity index (χ1) is 21.7. The highest BCUT2D eigenvalue weighted by Gasteiger charge is 2.31. The number of nitrogens with zero attached hydrogens (tertiary/aromatic N) is 3. The van der Waals surface area contributed by atoms with Gasteiger partial charge in [-0.15, -0.1) is 0 Å². The van der Waals surface area contributed by atoms with Crippen molar-refractivity contribution < 1.29 is 29.0 Å². The third-order valence-electron chi connectivity index (χ3n) is 9.02. The second-order valence-corrected chi connectivity index (χ2v) is 12.8. The lowest BCUT2D eigenvalue weighted by atomic mass is 9.88. The summed E-state index contributed by atoms with van der Waals surface area (Å²) in [6.07, 6.45) is 10.2. The van der Waals surface area contributed by atoms with E-state index in [1.54, 1.807) is 66.5 Å². The predicted octanol–water partition coefficient (Wildman–Crippen LogP) is 5.17. The topological polar surface area (TPSA) is 121 Å². The van der Waals surface area contributed by atoms with Crippen molar-refractivity contribution in [3.63, 3.8) is 0 Å². The lowest BCUT2D eigenvalue weighted by Gasteiger charge is -2.36. The average molecular weight is 623 g/mol. The third-order valence-corrected chi connectivity index (χ3v) is 9.02. The number of hydrogen-bond donors (Lipinski definition) is 2. The van der Waals surface area contributed by atoms with Gasteiger partial charge in [0.15, 0.2) is 0 Å². The van der Waals surface area contributed by atoms with Crippen LogP contribution in [0, 0.1) is 11.8 Å². The summed E-state index contributed by atoms with van der Waals surface area (Å²) in [4.78, 5) is 47.8. The number of rotatable bonds is 7. The summed E-state index contributed by atoms with van der Waals surface area (Å²) in [5.74, 6) is -0.179. The number of ether oxygens (including phenoxy) is 2. The molecule has 1 aromatic carbocycles. The summed E-state index contributed by atoms with van der Waals surface area (Å²) < 4.78 is 12.7. The number of likely N-dealkylation sites (N-methyl/N-ethyl adjacent to an activating group) is 1. The highest BCUT2D eigenvalue weighted by molar-refractivity contribution is 6.00. The van der Waals surface area contributed by atoms with Crippen molar-refractivity contribution in [3.8, 4) is 5.75 Å². The summed E-state index contributed by atoms with van der Waals surface area (Å²) in [5.41, 5.74) is 1.44. The zero-order valence-electron chi connectivity index (χ0n) is 27.2. The molecule has 246 valence electrons. The summed E-state index contributed by atoms with van der Waals surface area (Å²) >= 11 is 0. The third kappa shape index (κ3) is 9.50. The minimum Gasteiger partial charge on any atom is -0.490 e. The number of aliphatic hydroxyl groups is 1. The van der Waals surface area contributed by atoms with E-state index < -0.39 is 6.04 Å². The average Bonchev–Trinajstić information content (AvgIpc) is 3.06. The quantitative estimate of drug-likeness (QED) is 0.437. The Bertz CT molecular complexity index is 1270. The van der Waals surface area contributed by atoms with E-state index in [2.05, 4.69) is 10.3 Å². The van der Waals surface area contributed by atoms with Crippen molar-refractivity contribution in [2.75, 3.05) is 38.7 Å². The van der Waals surface area contributed by atoms with Crippen molar-refractivity contribution in [1.29, 1.82) is 0 Å². The van der Waals surface area contributed by atoms with E-state index >= 15 is 0 Å². The number of nitrogens with one attached hydrogen (secondary N) is 1. The van der Waals surface area contributed by atoms with E-state index in [-0.39, 0.29) is 54.9 Å². The number of pyridine rings is 1. The van der Waals surface area contributed by atoms with Crippen LogP contribution in [0.3, 0.4) is 0 Å². The molecule has 1 saturated carbocycles. The number of fused-ring (bicyclic) bond motifs is 1. The zero-order valence-corrected chi connectivity index (χ0v) is 27.2. The van der Waals surface area contributed by atoms with Crippen LogP contribution < -0.4 is 10.1 Å². The highest BCUT2D eigenvalue weighted by Crippen LogP contribution is 2.30. The van der Waals surface area contributed by atoms with Crippen molar-refractivity contribution in [1.82, 2.24) is 14.8 Å². The Morgan fingerprint density at radius 1 is 1.07 bits per heavy atom. The van der Waals surface area contributed by atoms with Crippen LogP contribution in [0.5, 0.6) is 5.75 Å². The van der Waals surface area contributed by atoms with E-state index in [1.807, 2.05) is 13.8 Å². The number of benzene rings is 1. The molecule has 10 nitrogen and oxygen atoms in total. The smallest absolute Gasteiger partial charge is 0.258 e. The standard InChI is InChI=1S/C35H50N4O6/c1-24-21-39(25(2)23-40)35(43)30-20-29(37-33(41)27-11-6-5-7-12-27)13-14-31(30)45-26(3)10-8-9-19-44-32(24)22-38(4)34(42)28-15-17-36-18-16-28/h13-18,20,24-27,32,40H,5-12,19,21-23H2,1-4H3,(H,37,41)/t24-,25-,26-,32-/m1/s1. The first kappa shape index (κ1) is 34.4. The molecule has 10 heteroatoms. The monoisotopic (exact) mass is 622 g/mol. The Labute approximate surface area is 267 Å². The first-order valence-electron chi connectivity index (χ1n) is 16.5. The number of aromatic nitrogens is 1. The van der Waals surface area contributed by atoms with Gasteiger partial charge in [0.25, 0.3) is 11.8 Å². The van der Waals surface area contributed by atoms with Crippen LogP contribution in [0.2, 0.25) is 0 Å². The number of hydrogen-bond acceptors (Lipinski definition) is 7. The molecule has 0 spiro atoms. The molecule has 3 amide bonds. The first-order valence-corrected chi connectivity index (χ1v) is 16.5. The number of carbonyl (C=O) groups is 3. The Hall–Kier alpha value is -3.50. The number of carbonyl (C=O) groups excluding carboxylic acids is 3. The second kappa shape index (κ2) is 16.7. The molecule has 1 fully saturated rings. The van der Waals surface area contributed by atoms with E-state index in [0.29, 0.717) is 35.7 Å². The van der Waals surface area contributed by atoms with Gasteiger partial charge in [-0.2, -0.15) is 0 Å². The van der Waals surface area contributed by atoms with Gasteiger partial charge in [-0.05, 0) is 76.3 Å². The van der Waals surface area contributed by atoms with Gasteiger partial charge in [0.2, 0.25) is 5.91 Å². The van der Waals surface area contributed by atoms with Crippen molar-refractivity contribution in [3.05, 3.63) is 53.9 Å². The van der Waals surface area contributed by atoms with E-state index in [4.69, 9.17) is 9.47 Å². The van der Waals surface area contributed by atoms with Crippen LogP contribution in [0.4, 0.5) is 5.69 Å². The Morgan fingerprint density at radius 3 is 2.49 bits per heavy atom. The van der Waals surface area contributed by atoms with Gasteiger partial charge in [-0.3, -0.25) is 19.4 Å². The molecule has 1 aliphatic carbocycles. The molecule has 0 saturated heterocycles. The lowest BCUT2D eigenvalue weighted by molar-refractivity contribution is -0.120. The molecular formula is C35H50N4O6. The Morgan fingerprint density at radius 2 is 1.78 bits per heavy atom.